The SMILES string of the molecule is C#CCC(C)NC(=O)c1ccc(=O)[nH]c1. The molecule has 78 valence electrons. The zero-order chi connectivity index (χ0) is 11.3. The maximum Gasteiger partial charge on any atom is 0.252 e. The van der Waals surface area contributed by atoms with Crippen LogP contribution in [0.1, 0.15) is 23.7 Å². The second kappa shape index (κ2) is 5.01. The van der Waals surface area contributed by atoms with Crippen LogP contribution in [-0.4, -0.2) is 16.9 Å². The van der Waals surface area contributed by atoms with Crippen molar-refractivity contribution in [3.05, 3.63) is 34.2 Å². The van der Waals surface area contributed by atoms with Crippen molar-refractivity contribution >= 4 is 5.91 Å². The molecule has 0 saturated heterocycles. The quantitative estimate of drug-likeness (QED) is 0.705. The number of pyridine rings is 1. The number of nitrogens with one attached hydrogen (secondary N) is 2. The van der Waals surface area contributed by atoms with E-state index in [0.717, 1.165) is 0 Å². The van der Waals surface area contributed by atoms with E-state index in [2.05, 4.69) is 16.2 Å². The van der Waals surface area contributed by atoms with E-state index in [1.54, 1.807) is 0 Å². The summed E-state index contributed by atoms with van der Waals surface area (Å²) in [5.74, 6) is 2.22. The fourth-order valence-electron chi connectivity index (χ4n) is 1.09. The number of terminal acetylenes is 1. The molecule has 1 heterocycles. The Morgan fingerprint density at radius 3 is 2.93 bits per heavy atom. The minimum atomic E-state index is -0.242. The van der Waals surface area contributed by atoms with Gasteiger partial charge in [-0.2, -0.15) is 0 Å². The number of amides is 1. The molecule has 0 aliphatic heterocycles. The first-order valence-corrected chi connectivity index (χ1v) is 4.56. The summed E-state index contributed by atoms with van der Waals surface area (Å²) < 4.78 is 0. The Morgan fingerprint density at radius 2 is 2.40 bits per heavy atom. The number of carbonyl (C=O) groups is 1. The summed E-state index contributed by atoms with van der Waals surface area (Å²) in [6.45, 7) is 1.82. The summed E-state index contributed by atoms with van der Waals surface area (Å²) >= 11 is 0. The van der Waals surface area contributed by atoms with Gasteiger partial charge in [0.25, 0.3) is 5.91 Å². The monoisotopic (exact) mass is 204 g/mol. The molecule has 0 saturated carbocycles. The van der Waals surface area contributed by atoms with Gasteiger partial charge in [0.1, 0.15) is 0 Å². The predicted molar refractivity (Wildman–Crippen MR) is 57.4 cm³/mol. The van der Waals surface area contributed by atoms with Gasteiger partial charge in [0.15, 0.2) is 0 Å². The molecule has 1 aromatic heterocycles. The highest BCUT2D eigenvalue weighted by atomic mass is 16.1. The molecule has 1 atom stereocenters. The van der Waals surface area contributed by atoms with Crippen LogP contribution in [-0.2, 0) is 0 Å². The average Bonchev–Trinajstić information content (AvgIpc) is 2.18. The number of rotatable bonds is 3. The van der Waals surface area contributed by atoms with E-state index in [0.29, 0.717) is 12.0 Å². The normalized spacial score (nSPS) is 11.5. The number of aromatic nitrogens is 1. The van der Waals surface area contributed by atoms with Crippen LogP contribution in [0.3, 0.4) is 0 Å². The summed E-state index contributed by atoms with van der Waals surface area (Å²) in [7, 11) is 0. The minimum Gasteiger partial charge on any atom is -0.349 e. The molecule has 4 heteroatoms. The zero-order valence-electron chi connectivity index (χ0n) is 8.41. The van der Waals surface area contributed by atoms with Gasteiger partial charge >= 0.3 is 0 Å². The standard InChI is InChI=1S/C11H12N2O2/c1-3-4-8(2)13-11(15)9-5-6-10(14)12-7-9/h1,5-8H,4H2,2H3,(H,12,14)(H,13,15). The fourth-order valence-corrected chi connectivity index (χ4v) is 1.09. The lowest BCUT2D eigenvalue weighted by molar-refractivity contribution is 0.0940. The third-order valence-electron chi connectivity index (χ3n) is 1.85. The topological polar surface area (TPSA) is 62.0 Å². The molecular formula is C11H12N2O2. The third kappa shape index (κ3) is 3.31. The van der Waals surface area contributed by atoms with Crippen LogP contribution in [0.2, 0.25) is 0 Å². The van der Waals surface area contributed by atoms with Crippen LogP contribution < -0.4 is 10.9 Å². The molecule has 0 aliphatic carbocycles. The second-order valence-corrected chi connectivity index (χ2v) is 3.22. The van der Waals surface area contributed by atoms with Crippen molar-refractivity contribution in [3.63, 3.8) is 0 Å². The first-order valence-electron chi connectivity index (χ1n) is 4.56. The lowest BCUT2D eigenvalue weighted by Gasteiger charge is -2.10. The number of H-pyrrole nitrogens is 1. The highest BCUT2D eigenvalue weighted by Gasteiger charge is 2.08. The number of aromatic amines is 1. The van der Waals surface area contributed by atoms with Crippen LogP contribution in [0.5, 0.6) is 0 Å². The highest BCUT2D eigenvalue weighted by Crippen LogP contribution is 1.96. The molecule has 0 radical (unpaired) electrons. The van der Waals surface area contributed by atoms with E-state index in [-0.39, 0.29) is 17.5 Å². The summed E-state index contributed by atoms with van der Waals surface area (Å²) in [4.78, 5) is 24.7. The molecular weight excluding hydrogens is 192 g/mol. The van der Waals surface area contributed by atoms with Crippen LogP contribution in [0, 0.1) is 12.3 Å². The highest BCUT2D eigenvalue weighted by molar-refractivity contribution is 5.93. The Kier molecular flexibility index (Phi) is 3.69. The van der Waals surface area contributed by atoms with E-state index >= 15 is 0 Å². The molecule has 2 N–H and O–H groups in total. The van der Waals surface area contributed by atoms with Crippen LogP contribution >= 0.6 is 0 Å². The van der Waals surface area contributed by atoms with Crippen LogP contribution in [0.25, 0.3) is 0 Å². The fraction of sp³-hybridized carbons (Fsp3) is 0.273. The van der Waals surface area contributed by atoms with Gasteiger partial charge in [-0.25, -0.2) is 0 Å². The Balaban J connectivity index is 2.66. The van der Waals surface area contributed by atoms with Crippen molar-refractivity contribution in [2.45, 2.75) is 19.4 Å². The molecule has 0 aromatic carbocycles. The minimum absolute atomic E-state index is 0.0746. The van der Waals surface area contributed by atoms with Gasteiger partial charge in [-0.3, -0.25) is 9.59 Å². The Hall–Kier alpha value is -2.02. The van der Waals surface area contributed by atoms with Crippen LogP contribution in [0.15, 0.2) is 23.1 Å². The van der Waals surface area contributed by atoms with E-state index in [9.17, 15) is 9.59 Å². The Morgan fingerprint density at radius 1 is 1.67 bits per heavy atom. The van der Waals surface area contributed by atoms with E-state index in [4.69, 9.17) is 6.42 Å². The molecule has 1 rings (SSSR count). The summed E-state index contributed by atoms with van der Waals surface area (Å²) in [5.41, 5.74) is 0.182. The van der Waals surface area contributed by atoms with Gasteiger partial charge in [-0.15, -0.1) is 12.3 Å². The van der Waals surface area contributed by atoms with Crippen molar-refractivity contribution in [1.29, 1.82) is 0 Å². The lowest BCUT2D eigenvalue weighted by atomic mass is 10.2. The van der Waals surface area contributed by atoms with Crippen molar-refractivity contribution in [1.82, 2.24) is 10.3 Å². The van der Waals surface area contributed by atoms with Crippen molar-refractivity contribution in [2.75, 3.05) is 0 Å². The van der Waals surface area contributed by atoms with Gasteiger partial charge in [-0.1, -0.05) is 0 Å². The third-order valence-corrected chi connectivity index (χ3v) is 1.85. The van der Waals surface area contributed by atoms with Gasteiger partial charge in [0.05, 0.1) is 5.56 Å². The first kappa shape index (κ1) is 11.1. The average molecular weight is 204 g/mol. The molecule has 4 nitrogen and oxygen atoms in total. The molecule has 1 aromatic rings. The van der Waals surface area contributed by atoms with Crippen LogP contribution in [0.4, 0.5) is 0 Å². The smallest absolute Gasteiger partial charge is 0.252 e. The number of hydrogen-bond acceptors (Lipinski definition) is 2. The largest absolute Gasteiger partial charge is 0.349 e. The van der Waals surface area contributed by atoms with E-state index < -0.39 is 0 Å². The number of hydrogen-bond donors (Lipinski definition) is 2. The zero-order valence-corrected chi connectivity index (χ0v) is 8.41. The van der Waals surface area contributed by atoms with Gasteiger partial charge in [0.2, 0.25) is 5.56 Å². The summed E-state index contributed by atoms with van der Waals surface area (Å²) in [6.07, 6.45) is 6.97. The predicted octanol–water partition coefficient (Wildman–Crippen LogP) is 0.516. The molecule has 0 fully saturated rings. The lowest BCUT2D eigenvalue weighted by Crippen LogP contribution is -2.32. The number of carbonyl (C=O) groups excluding carboxylic acids is 1. The maximum atomic E-state index is 11.5. The molecule has 0 bridgehead atoms. The van der Waals surface area contributed by atoms with Gasteiger partial charge < -0.3 is 10.3 Å². The summed E-state index contributed by atoms with van der Waals surface area (Å²) in [5, 5.41) is 2.71. The maximum absolute atomic E-state index is 11.5. The first-order chi connectivity index (χ1) is 7.13. The molecule has 15 heavy (non-hydrogen) atoms. The van der Waals surface area contributed by atoms with E-state index in [1.165, 1.54) is 18.3 Å². The molecule has 0 spiro atoms. The van der Waals surface area contributed by atoms with Gasteiger partial charge in [0, 0.05) is 24.7 Å². The van der Waals surface area contributed by atoms with E-state index in [1.807, 2.05) is 6.92 Å². The molecule has 0 aliphatic rings. The molecule has 1 unspecified atom stereocenters. The Labute approximate surface area is 87.7 Å². The van der Waals surface area contributed by atoms with Crippen molar-refractivity contribution < 1.29 is 4.79 Å². The second-order valence-electron chi connectivity index (χ2n) is 3.22. The van der Waals surface area contributed by atoms with Crippen molar-refractivity contribution in [2.24, 2.45) is 0 Å². The van der Waals surface area contributed by atoms with Gasteiger partial charge in [-0.05, 0) is 13.0 Å². The molecule has 1 amide bonds. The Bertz CT molecular complexity index is 422. The summed E-state index contributed by atoms with van der Waals surface area (Å²) in [6, 6.07) is 2.70. The van der Waals surface area contributed by atoms with Crippen molar-refractivity contribution in [3.8, 4) is 12.3 Å².